The third-order valence-corrected chi connectivity index (χ3v) is 2.61. The van der Waals surface area contributed by atoms with Crippen LogP contribution in [-0.4, -0.2) is 24.4 Å². The number of rotatable bonds is 6. The van der Waals surface area contributed by atoms with E-state index in [-0.39, 0.29) is 17.9 Å². The number of hydrogen-bond acceptors (Lipinski definition) is 3. The second-order valence-electron chi connectivity index (χ2n) is 4.47. The Labute approximate surface area is 113 Å². The molecule has 5 heteroatoms. The van der Waals surface area contributed by atoms with Crippen LogP contribution >= 0.6 is 0 Å². The van der Waals surface area contributed by atoms with Crippen LogP contribution in [0.1, 0.15) is 37.0 Å². The van der Waals surface area contributed by atoms with Crippen molar-refractivity contribution in [3.05, 3.63) is 29.8 Å². The first-order chi connectivity index (χ1) is 9.04. The van der Waals surface area contributed by atoms with E-state index in [1.807, 2.05) is 13.8 Å². The molecule has 1 rings (SSSR count). The Bertz CT molecular complexity index is 444. The molecule has 0 aromatic heterocycles. The Balaban J connectivity index is 2.72. The van der Waals surface area contributed by atoms with Crippen molar-refractivity contribution in [1.82, 2.24) is 5.32 Å². The lowest BCUT2D eigenvalue weighted by Crippen LogP contribution is -2.25. The summed E-state index contributed by atoms with van der Waals surface area (Å²) >= 11 is 0. The topological polar surface area (TPSA) is 84.2 Å². The minimum Gasteiger partial charge on any atom is -0.352 e. The molecule has 0 heterocycles. The number of anilines is 1. The Morgan fingerprint density at radius 3 is 2.63 bits per heavy atom. The molecule has 0 spiro atoms. The van der Waals surface area contributed by atoms with Crippen molar-refractivity contribution in [2.24, 2.45) is 5.73 Å². The van der Waals surface area contributed by atoms with Gasteiger partial charge in [-0.2, -0.15) is 0 Å². The number of carbonyl (C=O) groups is 2. The number of hydrogen-bond donors (Lipinski definition) is 3. The smallest absolute Gasteiger partial charge is 0.253 e. The molecule has 1 aromatic rings. The molecule has 19 heavy (non-hydrogen) atoms. The molecule has 0 saturated carbocycles. The Hall–Kier alpha value is -1.88. The second kappa shape index (κ2) is 7.53. The molecule has 4 N–H and O–H groups in total. The van der Waals surface area contributed by atoms with E-state index in [2.05, 4.69) is 10.6 Å². The minimum atomic E-state index is -0.189. The lowest BCUT2D eigenvalue weighted by molar-refractivity contribution is -0.116. The molecule has 5 nitrogen and oxygen atoms in total. The number of benzene rings is 1. The van der Waals surface area contributed by atoms with E-state index < -0.39 is 0 Å². The molecule has 1 atom stereocenters. The van der Waals surface area contributed by atoms with Gasteiger partial charge in [0.25, 0.3) is 5.91 Å². The zero-order chi connectivity index (χ0) is 14.3. The van der Waals surface area contributed by atoms with Gasteiger partial charge >= 0.3 is 0 Å². The van der Waals surface area contributed by atoms with E-state index in [1.54, 1.807) is 24.3 Å². The van der Waals surface area contributed by atoms with Crippen molar-refractivity contribution >= 4 is 17.5 Å². The van der Waals surface area contributed by atoms with E-state index in [4.69, 9.17) is 5.73 Å². The van der Waals surface area contributed by atoms with Crippen molar-refractivity contribution in [3.63, 3.8) is 0 Å². The van der Waals surface area contributed by atoms with Gasteiger partial charge in [-0.3, -0.25) is 9.59 Å². The SMILES string of the molecule is CCNC(=O)c1ccccc1NC(=O)CCC(C)N. The third kappa shape index (κ3) is 5.09. The van der Waals surface area contributed by atoms with Crippen LogP contribution in [0.2, 0.25) is 0 Å². The fourth-order valence-electron chi connectivity index (χ4n) is 1.62. The Kier molecular flexibility index (Phi) is 6.02. The summed E-state index contributed by atoms with van der Waals surface area (Å²) in [5.41, 5.74) is 6.61. The van der Waals surface area contributed by atoms with Gasteiger partial charge in [-0.25, -0.2) is 0 Å². The fourth-order valence-corrected chi connectivity index (χ4v) is 1.62. The first kappa shape index (κ1) is 15.2. The molecule has 0 bridgehead atoms. The maximum Gasteiger partial charge on any atom is 0.253 e. The van der Waals surface area contributed by atoms with Crippen LogP contribution < -0.4 is 16.4 Å². The van der Waals surface area contributed by atoms with Gasteiger partial charge in [0.1, 0.15) is 0 Å². The van der Waals surface area contributed by atoms with Crippen molar-refractivity contribution < 1.29 is 9.59 Å². The van der Waals surface area contributed by atoms with Gasteiger partial charge in [0, 0.05) is 19.0 Å². The summed E-state index contributed by atoms with van der Waals surface area (Å²) in [5, 5.41) is 5.47. The summed E-state index contributed by atoms with van der Waals surface area (Å²) < 4.78 is 0. The molecule has 0 radical (unpaired) electrons. The van der Waals surface area contributed by atoms with Gasteiger partial charge in [-0.05, 0) is 32.4 Å². The Morgan fingerprint density at radius 1 is 1.32 bits per heavy atom. The first-order valence-corrected chi connectivity index (χ1v) is 6.47. The van der Waals surface area contributed by atoms with Crippen molar-refractivity contribution in [1.29, 1.82) is 0 Å². The largest absolute Gasteiger partial charge is 0.352 e. The highest BCUT2D eigenvalue weighted by Gasteiger charge is 2.12. The number of amides is 2. The van der Waals surface area contributed by atoms with Crippen molar-refractivity contribution in [2.45, 2.75) is 32.7 Å². The predicted molar refractivity (Wildman–Crippen MR) is 76.0 cm³/mol. The average Bonchev–Trinajstić information content (AvgIpc) is 2.37. The maximum absolute atomic E-state index is 11.8. The lowest BCUT2D eigenvalue weighted by Gasteiger charge is -2.11. The van der Waals surface area contributed by atoms with Crippen molar-refractivity contribution in [3.8, 4) is 0 Å². The lowest BCUT2D eigenvalue weighted by atomic mass is 10.1. The van der Waals surface area contributed by atoms with Crippen molar-refractivity contribution in [2.75, 3.05) is 11.9 Å². The van der Waals surface area contributed by atoms with E-state index >= 15 is 0 Å². The monoisotopic (exact) mass is 263 g/mol. The number of nitrogens with two attached hydrogens (primary N) is 1. The van der Waals surface area contributed by atoms with Gasteiger partial charge in [0.05, 0.1) is 11.3 Å². The summed E-state index contributed by atoms with van der Waals surface area (Å²) in [6.45, 7) is 4.25. The van der Waals surface area contributed by atoms with E-state index in [0.717, 1.165) is 0 Å². The molecule has 1 unspecified atom stereocenters. The summed E-state index contributed by atoms with van der Waals surface area (Å²) in [5.74, 6) is -0.320. The quantitative estimate of drug-likeness (QED) is 0.727. The predicted octanol–water partition coefficient (Wildman–Crippen LogP) is 1.50. The molecular formula is C14H21N3O2. The highest BCUT2D eigenvalue weighted by atomic mass is 16.2. The second-order valence-corrected chi connectivity index (χ2v) is 4.47. The number of para-hydroxylation sites is 1. The summed E-state index contributed by atoms with van der Waals surface area (Å²) in [4.78, 5) is 23.6. The molecule has 0 aliphatic heterocycles. The van der Waals surface area contributed by atoms with Crippen LogP contribution in [0.15, 0.2) is 24.3 Å². The normalized spacial score (nSPS) is 11.7. The zero-order valence-electron chi connectivity index (χ0n) is 11.4. The minimum absolute atomic E-state index is 0.00983. The molecule has 104 valence electrons. The Morgan fingerprint density at radius 2 is 2.00 bits per heavy atom. The highest BCUT2D eigenvalue weighted by Crippen LogP contribution is 2.15. The summed E-state index contributed by atoms with van der Waals surface area (Å²) in [6, 6.07) is 6.94. The molecule has 2 amide bonds. The van der Waals surface area contributed by atoms with E-state index in [1.165, 1.54) is 0 Å². The summed E-state index contributed by atoms with van der Waals surface area (Å²) in [7, 11) is 0. The van der Waals surface area contributed by atoms with Crippen LogP contribution in [-0.2, 0) is 4.79 Å². The van der Waals surface area contributed by atoms with Gasteiger partial charge in [0.2, 0.25) is 5.91 Å². The van der Waals surface area contributed by atoms with Gasteiger partial charge < -0.3 is 16.4 Å². The molecule has 0 aliphatic carbocycles. The van der Waals surface area contributed by atoms with E-state index in [9.17, 15) is 9.59 Å². The molecular weight excluding hydrogens is 242 g/mol. The van der Waals surface area contributed by atoms with Crippen LogP contribution in [0.25, 0.3) is 0 Å². The maximum atomic E-state index is 11.8. The number of nitrogens with one attached hydrogen (secondary N) is 2. The molecule has 0 aliphatic rings. The number of carbonyl (C=O) groups excluding carboxylic acids is 2. The van der Waals surface area contributed by atoms with Crippen LogP contribution in [0, 0.1) is 0 Å². The molecule has 0 saturated heterocycles. The third-order valence-electron chi connectivity index (χ3n) is 2.61. The summed E-state index contributed by atoms with van der Waals surface area (Å²) in [6.07, 6.45) is 0.969. The molecule has 0 fully saturated rings. The van der Waals surface area contributed by atoms with Gasteiger partial charge in [-0.1, -0.05) is 12.1 Å². The van der Waals surface area contributed by atoms with Gasteiger partial charge in [0.15, 0.2) is 0 Å². The van der Waals surface area contributed by atoms with Crippen LogP contribution in [0.5, 0.6) is 0 Å². The average molecular weight is 263 g/mol. The van der Waals surface area contributed by atoms with E-state index in [0.29, 0.717) is 30.6 Å². The first-order valence-electron chi connectivity index (χ1n) is 6.47. The zero-order valence-corrected chi connectivity index (χ0v) is 11.4. The van der Waals surface area contributed by atoms with Crippen LogP contribution in [0.4, 0.5) is 5.69 Å². The molecule has 1 aromatic carbocycles. The highest BCUT2D eigenvalue weighted by molar-refractivity contribution is 6.03. The fraction of sp³-hybridized carbons (Fsp3) is 0.429. The standard InChI is InChI=1S/C14H21N3O2/c1-3-16-14(19)11-6-4-5-7-12(11)17-13(18)9-8-10(2)15/h4-7,10H,3,8-9,15H2,1-2H3,(H,16,19)(H,17,18). The van der Waals surface area contributed by atoms with Gasteiger partial charge in [-0.15, -0.1) is 0 Å². The van der Waals surface area contributed by atoms with Crippen LogP contribution in [0.3, 0.4) is 0 Å².